The molecule has 6 nitrogen and oxygen atoms in total. The van der Waals surface area contributed by atoms with Gasteiger partial charge in [0.05, 0.1) is 11.6 Å². The number of hydrogen-bond acceptors (Lipinski definition) is 3. The molecule has 27 heavy (non-hydrogen) atoms. The van der Waals surface area contributed by atoms with Gasteiger partial charge in [-0.15, -0.1) is 0 Å². The number of alkyl halides is 3. The minimum Gasteiger partial charge on any atom is -0.368 e. The lowest BCUT2D eigenvalue weighted by atomic mass is 10.1. The number of anilines is 1. The molecule has 0 unspecified atom stereocenters. The van der Waals surface area contributed by atoms with Crippen LogP contribution in [0.4, 0.5) is 23.7 Å². The van der Waals surface area contributed by atoms with Crippen LogP contribution in [0.2, 0.25) is 0 Å². The van der Waals surface area contributed by atoms with E-state index in [1.165, 1.54) is 6.07 Å². The number of rotatable bonds is 3. The minimum atomic E-state index is -4.37. The van der Waals surface area contributed by atoms with Crippen LogP contribution in [0.1, 0.15) is 18.9 Å². The average molecular weight is 384 g/mol. The Hall–Kier alpha value is -2.45. The molecule has 9 heteroatoms. The van der Waals surface area contributed by atoms with E-state index in [-0.39, 0.29) is 18.0 Å². The molecule has 0 radical (unpaired) electrons. The van der Waals surface area contributed by atoms with Crippen LogP contribution in [-0.2, 0) is 11.0 Å². The van der Waals surface area contributed by atoms with E-state index in [2.05, 4.69) is 5.32 Å². The van der Waals surface area contributed by atoms with Crippen molar-refractivity contribution in [2.75, 3.05) is 44.2 Å². The highest BCUT2D eigenvalue weighted by Gasteiger charge is 2.33. The van der Waals surface area contributed by atoms with Crippen LogP contribution >= 0.6 is 0 Å². The fraction of sp³-hybridized carbons (Fsp3) is 0.556. The van der Waals surface area contributed by atoms with Crippen molar-refractivity contribution >= 4 is 17.6 Å². The van der Waals surface area contributed by atoms with Crippen molar-refractivity contribution in [2.45, 2.75) is 25.6 Å². The summed E-state index contributed by atoms with van der Waals surface area (Å²) in [7, 11) is 0. The van der Waals surface area contributed by atoms with Crippen LogP contribution in [0.3, 0.4) is 0 Å². The first kappa shape index (κ1) is 19.3. The second-order valence-corrected chi connectivity index (χ2v) is 6.81. The SMILES string of the molecule is CCN1C[C@@H](NC(=O)N2CCN(c3cccc(C(F)(F)F)c3)CC2)CC1=O. The molecular formula is C18H23F3N4O2. The Morgan fingerprint density at radius 3 is 2.52 bits per heavy atom. The fourth-order valence-electron chi connectivity index (χ4n) is 3.49. The molecule has 2 aliphatic rings. The third-order valence-electron chi connectivity index (χ3n) is 5.03. The van der Waals surface area contributed by atoms with E-state index in [1.807, 2.05) is 11.8 Å². The van der Waals surface area contributed by atoms with Gasteiger partial charge >= 0.3 is 12.2 Å². The molecule has 2 fully saturated rings. The Balaban J connectivity index is 1.53. The number of likely N-dealkylation sites (tertiary alicyclic amines) is 1. The largest absolute Gasteiger partial charge is 0.416 e. The Morgan fingerprint density at radius 1 is 1.22 bits per heavy atom. The second-order valence-electron chi connectivity index (χ2n) is 6.81. The second kappa shape index (κ2) is 7.66. The molecule has 0 aromatic heterocycles. The number of carbonyl (C=O) groups excluding carboxylic acids is 2. The number of carbonyl (C=O) groups is 2. The molecule has 148 valence electrons. The molecule has 2 heterocycles. The molecule has 0 aliphatic carbocycles. The molecule has 2 saturated heterocycles. The fourth-order valence-corrected chi connectivity index (χ4v) is 3.49. The first-order valence-corrected chi connectivity index (χ1v) is 9.03. The lowest BCUT2D eigenvalue weighted by Crippen LogP contribution is -2.53. The maximum absolute atomic E-state index is 12.9. The number of benzene rings is 1. The quantitative estimate of drug-likeness (QED) is 0.869. The lowest BCUT2D eigenvalue weighted by molar-refractivity contribution is -0.137. The van der Waals surface area contributed by atoms with Crippen LogP contribution in [0.5, 0.6) is 0 Å². The molecule has 0 saturated carbocycles. The van der Waals surface area contributed by atoms with Crippen LogP contribution in [-0.4, -0.2) is 67.0 Å². The standard InChI is InChI=1S/C18H23F3N4O2/c1-2-23-12-14(11-16(23)26)22-17(27)25-8-6-24(7-9-25)15-5-3-4-13(10-15)18(19,20)21/h3-5,10,14H,2,6-9,11-12H2,1H3,(H,22,27)/t14-/m0/s1. The van der Waals surface area contributed by atoms with Crippen molar-refractivity contribution in [2.24, 2.45) is 0 Å². The van der Waals surface area contributed by atoms with Crippen molar-refractivity contribution in [3.63, 3.8) is 0 Å². The molecule has 1 N–H and O–H groups in total. The van der Waals surface area contributed by atoms with Crippen LogP contribution in [0.25, 0.3) is 0 Å². The van der Waals surface area contributed by atoms with Gasteiger partial charge in [-0.3, -0.25) is 4.79 Å². The van der Waals surface area contributed by atoms with E-state index in [0.717, 1.165) is 12.1 Å². The third kappa shape index (κ3) is 4.45. The molecular weight excluding hydrogens is 361 g/mol. The molecule has 1 atom stereocenters. The Morgan fingerprint density at radius 2 is 1.93 bits per heavy atom. The van der Waals surface area contributed by atoms with Crippen molar-refractivity contribution in [1.82, 2.24) is 15.1 Å². The summed E-state index contributed by atoms with van der Waals surface area (Å²) in [5.74, 6) is 0.0390. The van der Waals surface area contributed by atoms with Crippen molar-refractivity contribution in [1.29, 1.82) is 0 Å². The number of halogens is 3. The zero-order valence-electron chi connectivity index (χ0n) is 15.1. The molecule has 3 amide bonds. The van der Waals surface area contributed by atoms with Gasteiger partial charge in [-0.05, 0) is 25.1 Å². The molecule has 0 spiro atoms. The summed E-state index contributed by atoms with van der Waals surface area (Å²) >= 11 is 0. The summed E-state index contributed by atoms with van der Waals surface area (Å²) in [5, 5.41) is 2.88. The molecule has 1 aromatic rings. The number of nitrogens with zero attached hydrogens (tertiary/aromatic N) is 3. The van der Waals surface area contributed by atoms with Gasteiger partial charge in [-0.25, -0.2) is 4.79 Å². The molecule has 1 aromatic carbocycles. The third-order valence-corrected chi connectivity index (χ3v) is 5.03. The minimum absolute atomic E-state index is 0.0390. The van der Waals surface area contributed by atoms with Gasteiger partial charge in [-0.2, -0.15) is 13.2 Å². The van der Waals surface area contributed by atoms with Gasteiger partial charge in [0.1, 0.15) is 0 Å². The Labute approximate surface area is 155 Å². The number of piperazine rings is 1. The topological polar surface area (TPSA) is 55.9 Å². The maximum Gasteiger partial charge on any atom is 0.416 e. The zero-order valence-corrected chi connectivity index (χ0v) is 15.1. The van der Waals surface area contributed by atoms with E-state index in [0.29, 0.717) is 51.4 Å². The van der Waals surface area contributed by atoms with E-state index < -0.39 is 11.7 Å². The van der Waals surface area contributed by atoms with E-state index in [4.69, 9.17) is 0 Å². The first-order chi connectivity index (χ1) is 12.8. The predicted molar refractivity (Wildman–Crippen MR) is 94.4 cm³/mol. The Kier molecular flexibility index (Phi) is 5.48. The zero-order chi connectivity index (χ0) is 19.6. The molecule has 0 bridgehead atoms. The van der Waals surface area contributed by atoms with E-state index in [9.17, 15) is 22.8 Å². The molecule has 3 rings (SSSR count). The Bertz CT molecular complexity index is 702. The smallest absolute Gasteiger partial charge is 0.368 e. The maximum atomic E-state index is 12.9. The lowest BCUT2D eigenvalue weighted by Gasteiger charge is -2.36. The summed E-state index contributed by atoms with van der Waals surface area (Å²) in [6, 6.07) is 4.82. The number of nitrogens with one attached hydrogen (secondary N) is 1. The highest BCUT2D eigenvalue weighted by Crippen LogP contribution is 2.31. The number of urea groups is 1. The summed E-state index contributed by atoms with van der Waals surface area (Å²) in [6.45, 7) is 4.79. The summed E-state index contributed by atoms with van der Waals surface area (Å²) in [6.07, 6.45) is -4.06. The van der Waals surface area contributed by atoms with Crippen molar-refractivity contribution in [3.8, 4) is 0 Å². The van der Waals surface area contributed by atoms with Gasteiger partial charge < -0.3 is 20.0 Å². The van der Waals surface area contributed by atoms with Gasteiger partial charge in [0, 0.05) is 51.4 Å². The number of hydrogen-bond donors (Lipinski definition) is 1. The first-order valence-electron chi connectivity index (χ1n) is 9.03. The summed E-state index contributed by atoms with van der Waals surface area (Å²) < 4.78 is 38.6. The average Bonchev–Trinajstić information content (AvgIpc) is 3.00. The van der Waals surface area contributed by atoms with E-state index in [1.54, 1.807) is 15.9 Å². The predicted octanol–water partition coefficient (Wildman–Crippen LogP) is 2.16. The summed E-state index contributed by atoms with van der Waals surface area (Å²) in [4.78, 5) is 29.3. The van der Waals surface area contributed by atoms with Gasteiger partial charge in [0.25, 0.3) is 0 Å². The highest BCUT2D eigenvalue weighted by atomic mass is 19.4. The number of likely N-dealkylation sites (N-methyl/N-ethyl adjacent to an activating group) is 1. The molecule has 2 aliphatic heterocycles. The van der Waals surface area contributed by atoms with Crippen LogP contribution in [0, 0.1) is 0 Å². The van der Waals surface area contributed by atoms with Crippen LogP contribution < -0.4 is 10.2 Å². The normalized spacial score (nSPS) is 21.0. The van der Waals surface area contributed by atoms with Gasteiger partial charge in [0.15, 0.2) is 0 Å². The number of amides is 3. The van der Waals surface area contributed by atoms with Crippen LogP contribution in [0.15, 0.2) is 24.3 Å². The van der Waals surface area contributed by atoms with Gasteiger partial charge in [0.2, 0.25) is 5.91 Å². The van der Waals surface area contributed by atoms with Crippen molar-refractivity contribution < 1.29 is 22.8 Å². The van der Waals surface area contributed by atoms with E-state index >= 15 is 0 Å². The van der Waals surface area contributed by atoms with Gasteiger partial charge in [-0.1, -0.05) is 6.07 Å². The monoisotopic (exact) mass is 384 g/mol. The van der Waals surface area contributed by atoms with Crippen molar-refractivity contribution in [3.05, 3.63) is 29.8 Å². The summed E-state index contributed by atoms with van der Waals surface area (Å²) in [5.41, 5.74) is -0.170. The highest BCUT2D eigenvalue weighted by molar-refractivity contribution is 5.81.